The quantitative estimate of drug-likeness (QED) is 0.369. The molecule has 9 nitrogen and oxygen atoms in total. The van der Waals surface area contributed by atoms with Crippen LogP contribution in [-0.2, 0) is 9.59 Å². The second kappa shape index (κ2) is 11.1. The van der Waals surface area contributed by atoms with Gasteiger partial charge in [-0.2, -0.15) is 0 Å². The number of allylic oxidation sites excluding steroid dienone is 3. The number of aliphatic hydroxyl groups is 1. The van der Waals surface area contributed by atoms with Gasteiger partial charge in [-0.15, -0.1) is 0 Å². The van der Waals surface area contributed by atoms with Gasteiger partial charge in [-0.1, -0.05) is 32.0 Å². The standard InChI is InChI=1S/C33H32ClF2N5O4/c1-6-23(43)39-12-13-40-21(15-39)32(44)38(5)31-30(40)18-14-19(34)24(25-20(35)8-7-9-22(25)42)26(36)29(18)41(33(31)45)28-17(4)10-11-37-27(28)16(2)3/h6,9-11,14,16,21,42H,1,7-8,12-13,15H2,2-5H3/t21-/m1/s1. The second-order valence-corrected chi connectivity index (χ2v) is 12.2. The summed E-state index contributed by atoms with van der Waals surface area (Å²) in [6.07, 6.45) is 4.37. The van der Waals surface area contributed by atoms with Crippen molar-refractivity contribution >= 4 is 51.3 Å². The smallest absolute Gasteiger partial charge is 0.281 e. The van der Waals surface area contributed by atoms with E-state index in [4.69, 9.17) is 11.6 Å². The Kier molecular flexibility index (Phi) is 7.55. The van der Waals surface area contributed by atoms with E-state index in [1.54, 1.807) is 24.1 Å². The van der Waals surface area contributed by atoms with Gasteiger partial charge in [-0.3, -0.25) is 23.9 Å². The van der Waals surface area contributed by atoms with Gasteiger partial charge in [0.1, 0.15) is 23.3 Å². The Morgan fingerprint density at radius 3 is 2.60 bits per heavy atom. The average molecular weight is 636 g/mol. The van der Waals surface area contributed by atoms with E-state index in [1.165, 1.54) is 39.6 Å². The van der Waals surface area contributed by atoms with Crippen LogP contribution < -0.4 is 15.4 Å². The summed E-state index contributed by atoms with van der Waals surface area (Å²) in [5.41, 5.74) is 0.156. The van der Waals surface area contributed by atoms with Crippen LogP contribution >= 0.6 is 11.6 Å². The first-order chi connectivity index (χ1) is 21.4. The minimum absolute atomic E-state index is 0.0132. The number of rotatable bonds is 4. The molecule has 1 aliphatic carbocycles. The Bertz CT molecular complexity index is 1950. The van der Waals surface area contributed by atoms with E-state index in [9.17, 15) is 19.5 Å². The van der Waals surface area contributed by atoms with Crippen LogP contribution in [0.2, 0.25) is 5.02 Å². The lowest BCUT2D eigenvalue weighted by Gasteiger charge is -2.47. The third-order valence-electron chi connectivity index (χ3n) is 8.81. The number of piperazine rings is 1. The van der Waals surface area contributed by atoms with Gasteiger partial charge in [0, 0.05) is 43.7 Å². The lowest BCUT2D eigenvalue weighted by molar-refractivity contribution is -0.128. The summed E-state index contributed by atoms with van der Waals surface area (Å²) in [6.45, 7) is 9.53. The molecule has 0 radical (unpaired) electrons. The molecule has 0 bridgehead atoms. The van der Waals surface area contributed by atoms with Crippen molar-refractivity contribution in [1.29, 1.82) is 0 Å². The Labute approximate surface area is 263 Å². The Morgan fingerprint density at radius 1 is 1.20 bits per heavy atom. The number of likely N-dealkylation sites (N-methyl/N-ethyl adjacent to an activating group) is 1. The molecule has 0 unspecified atom stereocenters. The lowest BCUT2D eigenvalue weighted by atomic mass is 9.93. The van der Waals surface area contributed by atoms with E-state index in [-0.39, 0.29) is 82.7 Å². The molecule has 4 heterocycles. The van der Waals surface area contributed by atoms with E-state index in [0.717, 1.165) is 0 Å². The van der Waals surface area contributed by atoms with Crippen LogP contribution in [0.1, 0.15) is 49.4 Å². The number of halogens is 3. The molecule has 2 aromatic heterocycles. The highest BCUT2D eigenvalue weighted by atomic mass is 35.5. The van der Waals surface area contributed by atoms with E-state index in [2.05, 4.69) is 11.6 Å². The fourth-order valence-electron chi connectivity index (χ4n) is 6.65. The number of aryl methyl sites for hydroxylation is 1. The predicted octanol–water partition coefficient (Wildman–Crippen LogP) is 5.71. The van der Waals surface area contributed by atoms with Gasteiger partial charge >= 0.3 is 0 Å². The SMILES string of the molecule is C=CC(=O)N1CCN2c3c(c(=O)n(-c4c(C)ccnc4C(C)C)c4c(F)c(C5=C(F)CCC=C5O)c(Cl)cc34)N(C)C(=O)[C@H]2C1. The molecule has 6 rings (SSSR count). The number of aromatic nitrogens is 2. The number of aliphatic hydroxyl groups excluding tert-OH is 1. The third kappa shape index (κ3) is 4.55. The molecule has 0 saturated carbocycles. The molecule has 12 heteroatoms. The van der Waals surface area contributed by atoms with Gasteiger partial charge in [0.15, 0.2) is 5.82 Å². The van der Waals surface area contributed by atoms with Crippen molar-refractivity contribution in [3.63, 3.8) is 0 Å². The summed E-state index contributed by atoms with van der Waals surface area (Å²) in [5, 5.41) is 10.7. The number of fused-ring (bicyclic) bond motifs is 5. The van der Waals surface area contributed by atoms with Gasteiger partial charge in [-0.25, -0.2) is 8.78 Å². The lowest BCUT2D eigenvalue weighted by Crippen LogP contribution is -2.63. The van der Waals surface area contributed by atoms with E-state index < -0.39 is 34.9 Å². The molecule has 45 heavy (non-hydrogen) atoms. The minimum atomic E-state index is -1.00. The number of carbonyl (C=O) groups is 2. The molecular weight excluding hydrogens is 604 g/mol. The molecule has 2 amide bonds. The fourth-order valence-corrected chi connectivity index (χ4v) is 6.94. The molecule has 1 aromatic carbocycles. The zero-order valence-electron chi connectivity index (χ0n) is 25.3. The summed E-state index contributed by atoms with van der Waals surface area (Å²) in [4.78, 5) is 50.0. The topological polar surface area (TPSA) is 99.0 Å². The van der Waals surface area contributed by atoms with Crippen LogP contribution in [0.25, 0.3) is 22.2 Å². The monoisotopic (exact) mass is 635 g/mol. The van der Waals surface area contributed by atoms with Crippen LogP contribution in [0.3, 0.4) is 0 Å². The maximum atomic E-state index is 17.3. The second-order valence-electron chi connectivity index (χ2n) is 11.8. The van der Waals surface area contributed by atoms with Gasteiger partial charge in [0.2, 0.25) is 5.91 Å². The first-order valence-electron chi connectivity index (χ1n) is 14.7. The van der Waals surface area contributed by atoms with Crippen molar-refractivity contribution < 1.29 is 23.5 Å². The largest absolute Gasteiger partial charge is 0.508 e. The van der Waals surface area contributed by atoms with Gasteiger partial charge in [0.05, 0.1) is 39.7 Å². The van der Waals surface area contributed by atoms with Gasteiger partial charge in [-0.05, 0) is 49.1 Å². The first kappa shape index (κ1) is 30.5. The maximum Gasteiger partial charge on any atom is 0.281 e. The molecule has 1 fully saturated rings. The number of benzene rings is 1. The first-order valence-corrected chi connectivity index (χ1v) is 15.1. The van der Waals surface area contributed by atoms with E-state index in [0.29, 0.717) is 16.9 Å². The molecule has 1 atom stereocenters. The van der Waals surface area contributed by atoms with Crippen molar-refractivity contribution in [2.75, 3.05) is 36.5 Å². The maximum absolute atomic E-state index is 17.3. The number of carbonyl (C=O) groups excluding carboxylic acids is 2. The number of nitrogens with zero attached hydrogens (tertiary/aromatic N) is 5. The highest BCUT2D eigenvalue weighted by Gasteiger charge is 2.44. The van der Waals surface area contributed by atoms with Crippen molar-refractivity contribution in [3.8, 4) is 5.69 Å². The average Bonchev–Trinajstić information content (AvgIpc) is 3.00. The highest BCUT2D eigenvalue weighted by Crippen LogP contribution is 2.46. The van der Waals surface area contributed by atoms with Crippen LogP contribution in [0, 0.1) is 12.7 Å². The van der Waals surface area contributed by atoms with Crippen molar-refractivity contribution in [3.05, 3.63) is 86.7 Å². The Balaban J connectivity index is 1.77. The van der Waals surface area contributed by atoms with Crippen molar-refractivity contribution in [2.45, 2.75) is 45.6 Å². The predicted molar refractivity (Wildman–Crippen MR) is 170 cm³/mol. The van der Waals surface area contributed by atoms with Crippen LogP contribution in [-0.4, -0.2) is 64.1 Å². The van der Waals surface area contributed by atoms with Crippen molar-refractivity contribution in [2.24, 2.45) is 0 Å². The van der Waals surface area contributed by atoms with Gasteiger partial charge in [0.25, 0.3) is 11.5 Å². The van der Waals surface area contributed by atoms with Crippen LogP contribution in [0.15, 0.2) is 53.4 Å². The molecule has 3 aromatic rings. The normalized spacial score (nSPS) is 18.4. The molecule has 1 N–H and O–H groups in total. The summed E-state index contributed by atoms with van der Waals surface area (Å²) in [6, 6.07) is 2.29. The van der Waals surface area contributed by atoms with E-state index >= 15 is 8.78 Å². The molecule has 0 spiro atoms. The number of pyridine rings is 2. The number of amides is 2. The molecule has 2 aliphatic heterocycles. The summed E-state index contributed by atoms with van der Waals surface area (Å²) < 4.78 is 33.8. The van der Waals surface area contributed by atoms with Crippen LogP contribution in [0.5, 0.6) is 0 Å². The number of anilines is 2. The van der Waals surface area contributed by atoms with E-state index in [1.807, 2.05) is 13.8 Å². The number of hydrogen-bond acceptors (Lipinski definition) is 6. The molecular formula is C33H32ClF2N5O4. The number of hydrogen-bond donors (Lipinski definition) is 1. The van der Waals surface area contributed by atoms with Gasteiger partial charge < -0.3 is 19.8 Å². The summed E-state index contributed by atoms with van der Waals surface area (Å²) in [7, 11) is 1.47. The van der Waals surface area contributed by atoms with Crippen molar-refractivity contribution in [1.82, 2.24) is 14.5 Å². The molecule has 1 saturated heterocycles. The summed E-state index contributed by atoms with van der Waals surface area (Å²) in [5.74, 6) is -3.10. The highest BCUT2D eigenvalue weighted by molar-refractivity contribution is 6.34. The Hall–Kier alpha value is -4.51. The zero-order valence-corrected chi connectivity index (χ0v) is 26.1. The van der Waals surface area contributed by atoms with Crippen LogP contribution in [0.4, 0.5) is 20.2 Å². The Morgan fingerprint density at radius 2 is 1.93 bits per heavy atom. The summed E-state index contributed by atoms with van der Waals surface area (Å²) >= 11 is 6.75. The fraction of sp³-hybridized carbons (Fsp3) is 0.333. The minimum Gasteiger partial charge on any atom is -0.508 e. The third-order valence-corrected chi connectivity index (χ3v) is 9.11. The molecule has 234 valence electrons. The zero-order chi connectivity index (χ0) is 32.5. The molecule has 3 aliphatic rings.